The van der Waals surface area contributed by atoms with Gasteiger partial charge >= 0.3 is 0 Å². The topological polar surface area (TPSA) is 71.0 Å². The van der Waals surface area contributed by atoms with Crippen LogP contribution in [-0.2, 0) is 12.8 Å². The normalized spacial score (nSPS) is 32.6. The molecule has 156 valence electrons. The van der Waals surface area contributed by atoms with E-state index in [9.17, 15) is 19.0 Å². The van der Waals surface area contributed by atoms with E-state index < -0.39 is 84.8 Å². The lowest BCUT2D eigenvalue weighted by Crippen LogP contribution is -2.46. The first-order valence-corrected chi connectivity index (χ1v) is 9.14. The van der Waals surface area contributed by atoms with Gasteiger partial charge in [-0.15, -0.1) is 0 Å². The summed E-state index contributed by atoms with van der Waals surface area (Å²) in [6.45, 7) is -0.737. The number of benzene rings is 2. The van der Waals surface area contributed by atoms with Crippen LogP contribution in [0.5, 0.6) is 11.5 Å². The molecular formula is C22H25F2NO4. The van der Waals surface area contributed by atoms with E-state index in [0.29, 0.717) is 24.2 Å². The molecular weight excluding hydrogens is 380 g/mol. The second kappa shape index (κ2) is 8.65. The van der Waals surface area contributed by atoms with Gasteiger partial charge in [-0.3, -0.25) is 0 Å². The molecule has 2 aromatic rings. The minimum Gasteiger partial charge on any atom is -0.487 e. The van der Waals surface area contributed by atoms with E-state index >= 15 is 0 Å². The maximum absolute atomic E-state index is 14.2. The number of nitrogens with one attached hydrogen (secondary N) is 1. The molecule has 1 unspecified atom stereocenters. The van der Waals surface area contributed by atoms with Crippen LogP contribution in [0.2, 0.25) is 0 Å². The van der Waals surface area contributed by atoms with Gasteiger partial charge in [-0.2, -0.15) is 0 Å². The molecule has 0 saturated heterocycles. The summed E-state index contributed by atoms with van der Waals surface area (Å²) in [5.74, 6) is -2.37. The summed E-state index contributed by atoms with van der Waals surface area (Å²) in [6.07, 6.45) is -12.7. The van der Waals surface area contributed by atoms with E-state index in [0.717, 1.165) is 0 Å². The lowest BCUT2D eigenvalue weighted by atomic mass is 9.98. The van der Waals surface area contributed by atoms with Gasteiger partial charge in [-0.25, -0.2) is 8.78 Å². The molecule has 2 aromatic carbocycles. The number of rotatable bonds is 6. The molecule has 3 N–H and O–H groups in total. The Morgan fingerprint density at radius 1 is 1.14 bits per heavy atom. The van der Waals surface area contributed by atoms with Crippen molar-refractivity contribution in [3.8, 4) is 11.5 Å². The first-order chi connectivity index (χ1) is 17.1. The molecule has 0 bridgehead atoms. The second-order valence-electron chi connectivity index (χ2n) is 6.80. The highest BCUT2D eigenvalue weighted by atomic mass is 19.1. The zero-order valence-electron chi connectivity index (χ0n) is 23.3. The van der Waals surface area contributed by atoms with Crippen molar-refractivity contribution in [2.45, 2.75) is 50.0 Å². The summed E-state index contributed by atoms with van der Waals surface area (Å²) in [4.78, 5) is 0. The van der Waals surface area contributed by atoms with Crippen molar-refractivity contribution in [3.05, 3.63) is 59.1 Å². The number of hydrogen-bond donors (Lipinski definition) is 3. The third-order valence-electron chi connectivity index (χ3n) is 4.69. The van der Waals surface area contributed by atoms with Crippen LogP contribution in [0, 0.1) is 11.6 Å². The average Bonchev–Trinajstić information content (AvgIpc) is 2.84. The van der Waals surface area contributed by atoms with Gasteiger partial charge in [-0.05, 0) is 73.0 Å². The van der Waals surface area contributed by atoms with Gasteiger partial charge < -0.3 is 25.0 Å². The Morgan fingerprint density at radius 3 is 2.83 bits per heavy atom. The van der Waals surface area contributed by atoms with Crippen LogP contribution in [0.4, 0.5) is 8.78 Å². The monoisotopic (exact) mass is 413 g/mol. The minimum absolute atomic E-state index is 0.177. The number of aliphatic hydroxyl groups is 2. The molecule has 0 amide bonds. The molecule has 0 aromatic heterocycles. The average molecular weight is 413 g/mol. The smallest absolute Gasteiger partial charge is 0.126 e. The quantitative estimate of drug-likeness (QED) is 0.678. The van der Waals surface area contributed by atoms with Crippen LogP contribution in [0.25, 0.3) is 0 Å². The summed E-state index contributed by atoms with van der Waals surface area (Å²) in [6, 6.07) is 0.796. The fraction of sp³-hybridized carbons (Fsp3) is 0.455. The minimum atomic E-state index is -3.34. The molecule has 4 rings (SSSR count). The van der Waals surface area contributed by atoms with Crippen LogP contribution in [-0.4, -0.2) is 47.7 Å². The van der Waals surface area contributed by atoms with E-state index in [4.69, 9.17) is 20.4 Å². The first kappa shape index (κ1) is 12.5. The predicted molar refractivity (Wildman–Crippen MR) is 103 cm³/mol. The van der Waals surface area contributed by atoms with E-state index in [2.05, 4.69) is 5.32 Å². The number of aliphatic hydroxyl groups excluding tert-OH is 2. The number of ether oxygens (including phenoxy) is 2. The van der Waals surface area contributed by atoms with Gasteiger partial charge in [0.05, 0.1) is 5.48 Å². The van der Waals surface area contributed by atoms with E-state index in [1.54, 1.807) is 0 Å². The van der Waals surface area contributed by atoms with Crippen molar-refractivity contribution in [3.63, 3.8) is 0 Å². The third kappa shape index (κ3) is 4.69. The summed E-state index contributed by atoms with van der Waals surface area (Å²) < 4.78 is 104. The molecule has 29 heavy (non-hydrogen) atoms. The zero-order valence-corrected chi connectivity index (χ0v) is 15.3. The molecule has 2 aliphatic heterocycles. The third-order valence-corrected chi connectivity index (χ3v) is 4.69. The largest absolute Gasteiger partial charge is 0.487 e. The molecule has 0 aliphatic carbocycles. The van der Waals surface area contributed by atoms with Gasteiger partial charge in [0, 0.05) is 18.6 Å². The number of halogens is 2. The highest BCUT2D eigenvalue weighted by molar-refractivity contribution is 5.36. The Morgan fingerprint density at radius 2 is 1.97 bits per heavy atom. The summed E-state index contributed by atoms with van der Waals surface area (Å²) >= 11 is 0. The van der Waals surface area contributed by atoms with Crippen LogP contribution in [0.15, 0.2) is 36.3 Å². The van der Waals surface area contributed by atoms with Gasteiger partial charge in [0.25, 0.3) is 0 Å². The lowest BCUT2D eigenvalue weighted by molar-refractivity contribution is 0.00892. The number of hydrogen-bond acceptors (Lipinski definition) is 5. The standard InChI is InChI=1S/C22H25F2NO4/c23-15-3-7-19-13(9-15)1-5-21(28-19)17(26)11-25-12-18(27)22-6-2-14-10-16(24)4-8-20(14)29-22/h3-4,7-10,17-18,21-22,25-27H,1-2,5-6,11-12H2/t17-,18-,21+,22?/m1/s1/i1D2,3D,5D2,7D,9D,21D. The van der Waals surface area contributed by atoms with Crippen molar-refractivity contribution in [1.29, 1.82) is 0 Å². The summed E-state index contributed by atoms with van der Waals surface area (Å²) in [7, 11) is 0. The van der Waals surface area contributed by atoms with Gasteiger partial charge in [0.1, 0.15) is 47.5 Å². The fourth-order valence-electron chi connectivity index (χ4n) is 3.19. The number of aryl methyl sites for hydroxylation is 1. The highest BCUT2D eigenvalue weighted by Crippen LogP contribution is 2.30. The maximum Gasteiger partial charge on any atom is 0.126 e. The van der Waals surface area contributed by atoms with Crippen LogP contribution >= 0.6 is 0 Å². The highest BCUT2D eigenvalue weighted by Gasteiger charge is 2.29. The molecule has 2 heterocycles. The van der Waals surface area contributed by atoms with E-state index in [1.165, 1.54) is 18.2 Å². The van der Waals surface area contributed by atoms with E-state index in [-0.39, 0.29) is 6.54 Å². The second-order valence-corrected chi connectivity index (χ2v) is 6.80. The van der Waals surface area contributed by atoms with Crippen LogP contribution < -0.4 is 14.8 Å². The molecule has 0 radical (unpaired) electrons. The van der Waals surface area contributed by atoms with E-state index in [1.807, 2.05) is 0 Å². The Balaban J connectivity index is 1.49. The SMILES string of the molecule is [2H]c1c([2H])c2c(c([2H])c1F)C([2H])([2H])C([2H])([2H])[C@@]([2H])([C@H](O)CNC[C@@H](O)C1CCc3cc(F)ccc3O1)O2. The molecule has 7 heteroatoms. The molecule has 0 fully saturated rings. The van der Waals surface area contributed by atoms with Crippen LogP contribution in [0.1, 0.15) is 34.9 Å². The van der Waals surface area contributed by atoms with Crippen molar-refractivity contribution in [1.82, 2.24) is 5.32 Å². The Kier molecular flexibility index (Phi) is 3.72. The van der Waals surface area contributed by atoms with Crippen molar-refractivity contribution in [2.75, 3.05) is 13.1 Å². The lowest BCUT2D eigenvalue weighted by Gasteiger charge is -2.31. The Hall–Kier alpha value is -2.22. The molecule has 0 saturated carbocycles. The molecule has 4 atom stereocenters. The first-order valence-electron chi connectivity index (χ1n) is 13.1. The number of fused-ring (bicyclic) bond motifs is 2. The van der Waals surface area contributed by atoms with Crippen molar-refractivity contribution >= 4 is 0 Å². The summed E-state index contributed by atoms with van der Waals surface area (Å²) in [5, 5.41) is 23.9. The molecule has 2 aliphatic rings. The zero-order chi connectivity index (χ0) is 27.5. The maximum atomic E-state index is 14.2. The van der Waals surface area contributed by atoms with Crippen LogP contribution in [0.3, 0.4) is 0 Å². The predicted octanol–water partition coefficient (Wildman–Crippen LogP) is 2.36. The van der Waals surface area contributed by atoms with Gasteiger partial charge in [-0.1, -0.05) is 0 Å². The van der Waals surface area contributed by atoms with Crippen molar-refractivity contribution in [2.24, 2.45) is 0 Å². The molecule has 5 nitrogen and oxygen atoms in total. The molecule has 0 spiro atoms. The van der Waals surface area contributed by atoms with Gasteiger partial charge in [0.15, 0.2) is 0 Å². The summed E-state index contributed by atoms with van der Waals surface area (Å²) in [5.41, 5.74) is -0.293. The Bertz CT molecular complexity index is 1220. The fourth-order valence-corrected chi connectivity index (χ4v) is 3.19. The van der Waals surface area contributed by atoms with Gasteiger partial charge in [0.2, 0.25) is 0 Å². The Labute approximate surface area is 179 Å². The van der Waals surface area contributed by atoms with Crippen molar-refractivity contribution < 1.29 is 39.4 Å².